The van der Waals surface area contributed by atoms with Gasteiger partial charge < -0.3 is 13.9 Å². The van der Waals surface area contributed by atoms with Crippen LogP contribution in [0.4, 0.5) is 0 Å². The van der Waals surface area contributed by atoms with Crippen LogP contribution in [0.2, 0.25) is 0 Å². The zero-order chi connectivity index (χ0) is 26.4. The van der Waals surface area contributed by atoms with Crippen LogP contribution in [0.3, 0.4) is 0 Å². The maximum Gasteiger partial charge on any atom is 0.460 e. The Morgan fingerprint density at radius 1 is 0.529 bits per heavy atom. The number of rotatable bonds is 4. The third kappa shape index (κ3) is 6.76. The maximum atomic E-state index is 11.1. The lowest BCUT2D eigenvalue weighted by atomic mass is 9.79. The Morgan fingerprint density at radius 2 is 0.824 bits per heavy atom. The topological polar surface area (TPSA) is 38.7 Å². The number of hydrogen-bond donors (Lipinski definition) is 1. The highest BCUT2D eigenvalue weighted by atomic mass is 31.2. The summed E-state index contributed by atoms with van der Waals surface area (Å²) in [6.07, 6.45) is 0. The van der Waals surface area contributed by atoms with Gasteiger partial charge in [0, 0.05) is 11.1 Å². The third-order valence-electron chi connectivity index (χ3n) is 6.24. The summed E-state index contributed by atoms with van der Waals surface area (Å²) >= 11 is 0. The first-order valence-electron chi connectivity index (χ1n) is 12.3. The Hall–Kier alpha value is -1.57. The summed E-state index contributed by atoms with van der Waals surface area (Å²) in [7, 11) is -2.17. The minimum absolute atomic E-state index is 0.0251. The molecule has 0 fully saturated rings. The quantitative estimate of drug-likeness (QED) is 0.438. The molecule has 2 rings (SSSR count). The summed E-state index contributed by atoms with van der Waals surface area (Å²) in [4.78, 5) is 11.1. The van der Waals surface area contributed by atoms with Crippen molar-refractivity contribution in [3.05, 3.63) is 57.6 Å². The molecule has 190 valence electrons. The van der Waals surface area contributed by atoms with Crippen LogP contribution in [0.5, 0.6) is 11.5 Å². The van der Waals surface area contributed by atoms with Gasteiger partial charge >= 0.3 is 8.60 Å². The second-order valence-electron chi connectivity index (χ2n) is 13.8. The fourth-order valence-corrected chi connectivity index (χ4v) is 4.78. The van der Waals surface area contributed by atoms with E-state index in [0.29, 0.717) is 0 Å². The van der Waals surface area contributed by atoms with E-state index in [1.54, 1.807) is 0 Å². The fourth-order valence-electron chi connectivity index (χ4n) is 3.95. The van der Waals surface area contributed by atoms with E-state index < -0.39 is 8.60 Å². The highest BCUT2D eigenvalue weighted by Crippen LogP contribution is 2.47. The van der Waals surface area contributed by atoms with Crippen LogP contribution in [-0.4, -0.2) is 4.89 Å². The van der Waals surface area contributed by atoms with Gasteiger partial charge in [0.1, 0.15) is 11.5 Å². The molecule has 0 aliphatic carbocycles. The van der Waals surface area contributed by atoms with E-state index in [0.717, 1.165) is 33.8 Å². The van der Waals surface area contributed by atoms with Gasteiger partial charge in [0.2, 0.25) is 0 Å². The fraction of sp³-hybridized carbons (Fsp3) is 0.600. The molecule has 0 aliphatic heterocycles. The summed E-state index contributed by atoms with van der Waals surface area (Å²) in [6, 6.07) is 8.76. The largest absolute Gasteiger partial charge is 0.460 e. The van der Waals surface area contributed by atoms with Gasteiger partial charge in [-0.2, -0.15) is 0 Å². The van der Waals surface area contributed by atoms with Crippen molar-refractivity contribution in [3.8, 4) is 11.5 Å². The molecule has 0 spiro atoms. The van der Waals surface area contributed by atoms with Gasteiger partial charge in [0.25, 0.3) is 0 Å². The molecule has 1 N–H and O–H groups in total. The Kier molecular flexibility index (Phi) is 7.99. The van der Waals surface area contributed by atoms with Gasteiger partial charge in [-0.05, 0) is 57.8 Å². The lowest BCUT2D eigenvalue weighted by Crippen LogP contribution is -2.19. The average molecular weight is 487 g/mol. The first-order valence-corrected chi connectivity index (χ1v) is 13.4. The van der Waals surface area contributed by atoms with Crippen molar-refractivity contribution in [1.82, 2.24) is 0 Å². The molecule has 2 aromatic rings. The van der Waals surface area contributed by atoms with Crippen molar-refractivity contribution >= 4 is 8.60 Å². The maximum absolute atomic E-state index is 11.1. The minimum Gasteiger partial charge on any atom is -0.417 e. The van der Waals surface area contributed by atoms with E-state index in [2.05, 4.69) is 107 Å². The van der Waals surface area contributed by atoms with Crippen LogP contribution >= 0.6 is 8.60 Å². The van der Waals surface area contributed by atoms with Crippen molar-refractivity contribution < 1.29 is 13.9 Å². The van der Waals surface area contributed by atoms with Crippen LogP contribution in [-0.2, 0) is 21.7 Å². The first-order chi connectivity index (χ1) is 15.1. The third-order valence-corrected chi connectivity index (χ3v) is 6.91. The summed E-state index contributed by atoms with van der Waals surface area (Å²) < 4.78 is 12.4. The molecule has 34 heavy (non-hydrogen) atoms. The minimum atomic E-state index is -2.17. The van der Waals surface area contributed by atoms with Gasteiger partial charge in [-0.3, -0.25) is 0 Å². The van der Waals surface area contributed by atoms with Crippen molar-refractivity contribution in [2.75, 3.05) is 0 Å². The monoisotopic (exact) mass is 486 g/mol. The SMILES string of the molecule is Cc1cc(C(C)(C)C)cc(C(C)(C)C)c1OP(O)Oc1c(C)cc(C(C)(C)C)cc1C(C)(C)C. The van der Waals surface area contributed by atoms with E-state index in [9.17, 15) is 4.89 Å². The molecule has 0 heterocycles. The van der Waals surface area contributed by atoms with Crippen molar-refractivity contribution in [3.63, 3.8) is 0 Å². The number of benzene rings is 2. The van der Waals surface area contributed by atoms with Gasteiger partial charge in [0.15, 0.2) is 0 Å². The predicted octanol–water partition coefficient (Wildman–Crippen LogP) is 9.17. The molecule has 0 unspecified atom stereocenters. The molecule has 0 atom stereocenters. The second-order valence-corrected chi connectivity index (χ2v) is 14.6. The molecule has 3 nitrogen and oxygen atoms in total. The molecule has 0 amide bonds. The zero-order valence-electron chi connectivity index (χ0n) is 24.0. The smallest absolute Gasteiger partial charge is 0.417 e. The van der Waals surface area contributed by atoms with E-state index in [1.807, 2.05) is 13.8 Å². The number of hydrogen-bond acceptors (Lipinski definition) is 3. The van der Waals surface area contributed by atoms with Crippen molar-refractivity contribution in [1.29, 1.82) is 0 Å². The molecule has 0 saturated carbocycles. The molecule has 0 bridgehead atoms. The van der Waals surface area contributed by atoms with Crippen molar-refractivity contribution in [2.45, 2.75) is 119 Å². The van der Waals surface area contributed by atoms with E-state index >= 15 is 0 Å². The van der Waals surface area contributed by atoms with E-state index in [1.165, 1.54) is 11.1 Å². The molecule has 0 radical (unpaired) electrons. The molecule has 0 aliphatic rings. The van der Waals surface area contributed by atoms with Crippen LogP contribution in [0.1, 0.15) is 116 Å². The average Bonchev–Trinajstić information content (AvgIpc) is 2.60. The Bertz CT molecular complexity index is 942. The number of aryl methyl sites for hydroxylation is 2. The van der Waals surface area contributed by atoms with Gasteiger partial charge in [-0.25, -0.2) is 0 Å². The van der Waals surface area contributed by atoms with E-state index in [4.69, 9.17) is 9.05 Å². The lowest BCUT2D eigenvalue weighted by molar-refractivity contribution is 0.368. The summed E-state index contributed by atoms with van der Waals surface area (Å²) in [6.45, 7) is 30.5. The normalized spacial score (nSPS) is 13.4. The zero-order valence-corrected chi connectivity index (χ0v) is 24.9. The van der Waals surface area contributed by atoms with E-state index in [-0.39, 0.29) is 21.7 Å². The van der Waals surface area contributed by atoms with Gasteiger partial charge in [-0.1, -0.05) is 107 Å². The Labute approximate surface area is 210 Å². The van der Waals surface area contributed by atoms with Gasteiger partial charge in [-0.15, -0.1) is 0 Å². The van der Waals surface area contributed by atoms with Crippen molar-refractivity contribution in [2.24, 2.45) is 0 Å². The predicted molar refractivity (Wildman–Crippen MR) is 148 cm³/mol. The van der Waals surface area contributed by atoms with Crippen LogP contribution in [0.15, 0.2) is 24.3 Å². The lowest BCUT2D eigenvalue weighted by Gasteiger charge is -2.30. The summed E-state index contributed by atoms with van der Waals surface area (Å²) in [5.41, 5.74) is 6.47. The highest BCUT2D eigenvalue weighted by Gasteiger charge is 2.30. The molecule has 0 aromatic heterocycles. The molecule has 4 heteroatoms. The summed E-state index contributed by atoms with van der Waals surface area (Å²) in [5, 5.41) is 0. The van der Waals surface area contributed by atoms with Crippen LogP contribution in [0, 0.1) is 13.8 Å². The highest BCUT2D eigenvalue weighted by molar-refractivity contribution is 7.41. The first kappa shape index (κ1) is 28.7. The Balaban J connectivity index is 2.52. The van der Waals surface area contributed by atoms with Crippen LogP contribution in [0.25, 0.3) is 0 Å². The molecule has 0 saturated heterocycles. The molecule has 2 aromatic carbocycles. The van der Waals surface area contributed by atoms with Gasteiger partial charge in [0.05, 0.1) is 0 Å². The second kappa shape index (κ2) is 9.47. The standard InChI is InChI=1S/C30H47O3P/c1-19-15-21(27(3,4)5)17-23(29(9,10)11)25(19)32-34(31)33-26-20(2)16-22(28(6,7)8)18-24(26)30(12,13)14/h15-18,31H,1-14H3. The van der Waals surface area contributed by atoms with Crippen LogP contribution < -0.4 is 9.05 Å². The molecular weight excluding hydrogens is 439 g/mol. The summed E-state index contributed by atoms with van der Waals surface area (Å²) in [5.74, 6) is 1.44. The Morgan fingerprint density at radius 3 is 1.06 bits per heavy atom. The molecular formula is C30H47O3P.